The molecule has 0 aliphatic rings. The smallest absolute Gasteiger partial charge is 0.250 e. The Morgan fingerprint density at radius 2 is 1.73 bits per heavy atom. The average molecular weight is 342 g/mol. The summed E-state index contributed by atoms with van der Waals surface area (Å²) in [6.07, 6.45) is 0. The molecule has 4 aromatic rings. The first-order valence-electron chi connectivity index (χ1n) is 8.34. The van der Waals surface area contributed by atoms with Gasteiger partial charge in [0.05, 0.1) is 5.56 Å². The van der Waals surface area contributed by atoms with Crippen LogP contribution in [0.25, 0.3) is 33.3 Å². The van der Waals surface area contributed by atoms with Gasteiger partial charge in [0.1, 0.15) is 11.0 Å². The van der Waals surface area contributed by atoms with Gasteiger partial charge in [0.2, 0.25) is 0 Å². The number of amides is 1. The zero-order chi connectivity index (χ0) is 18.3. The van der Waals surface area contributed by atoms with Crippen LogP contribution >= 0.6 is 0 Å². The molecular weight excluding hydrogens is 324 g/mol. The minimum absolute atomic E-state index is 0.426. The standard InChI is InChI=1S/C21H18N4O/c1-13-10-15(8-9-17(13)14-6-4-3-5-7-14)16-11-18(21(22)26)20-19(12-16)23-24-25(20)2/h3-12H,1-2H3,(H2,22,26). The van der Waals surface area contributed by atoms with E-state index in [2.05, 4.69) is 47.6 Å². The molecule has 0 unspecified atom stereocenters. The van der Waals surface area contributed by atoms with Crippen molar-refractivity contribution in [2.75, 3.05) is 0 Å². The summed E-state index contributed by atoms with van der Waals surface area (Å²) in [4.78, 5) is 11.9. The topological polar surface area (TPSA) is 73.8 Å². The first-order valence-corrected chi connectivity index (χ1v) is 8.34. The number of aromatic nitrogens is 3. The molecule has 3 aromatic carbocycles. The summed E-state index contributed by atoms with van der Waals surface area (Å²) < 4.78 is 1.57. The van der Waals surface area contributed by atoms with E-state index in [0.717, 1.165) is 16.7 Å². The van der Waals surface area contributed by atoms with Gasteiger partial charge in [-0.2, -0.15) is 0 Å². The Balaban J connectivity index is 1.86. The van der Waals surface area contributed by atoms with Gasteiger partial charge in [0.15, 0.2) is 0 Å². The van der Waals surface area contributed by atoms with Crippen molar-refractivity contribution in [2.45, 2.75) is 6.92 Å². The van der Waals surface area contributed by atoms with E-state index in [1.165, 1.54) is 11.1 Å². The van der Waals surface area contributed by atoms with Crippen LogP contribution in [0.5, 0.6) is 0 Å². The summed E-state index contributed by atoms with van der Waals surface area (Å²) in [6, 6.07) is 20.3. The lowest BCUT2D eigenvalue weighted by molar-refractivity contribution is 0.100. The number of benzene rings is 3. The fourth-order valence-electron chi connectivity index (χ4n) is 3.33. The molecule has 0 bridgehead atoms. The van der Waals surface area contributed by atoms with E-state index in [9.17, 15) is 4.79 Å². The van der Waals surface area contributed by atoms with Crippen molar-refractivity contribution >= 4 is 16.9 Å². The minimum Gasteiger partial charge on any atom is -0.366 e. The number of primary amides is 1. The Morgan fingerprint density at radius 1 is 0.962 bits per heavy atom. The van der Waals surface area contributed by atoms with Crippen LogP contribution in [0.4, 0.5) is 0 Å². The number of nitrogens with two attached hydrogens (primary N) is 1. The van der Waals surface area contributed by atoms with Gasteiger partial charge in [-0.05, 0) is 46.9 Å². The third-order valence-electron chi connectivity index (χ3n) is 4.61. The molecule has 0 aliphatic heterocycles. The van der Waals surface area contributed by atoms with Crippen LogP contribution in [0.2, 0.25) is 0 Å². The highest BCUT2D eigenvalue weighted by molar-refractivity contribution is 6.05. The maximum Gasteiger partial charge on any atom is 0.250 e. The second-order valence-electron chi connectivity index (χ2n) is 6.36. The van der Waals surface area contributed by atoms with Gasteiger partial charge in [0, 0.05) is 7.05 Å². The van der Waals surface area contributed by atoms with Gasteiger partial charge in [-0.15, -0.1) is 5.10 Å². The molecule has 5 nitrogen and oxygen atoms in total. The lowest BCUT2D eigenvalue weighted by Gasteiger charge is -2.10. The SMILES string of the molecule is Cc1cc(-c2cc(C(N)=O)c3c(c2)nnn3C)ccc1-c1ccccc1. The first-order chi connectivity index (χ1) is 12.5. The number of carbonyl (C=O) groups is 1. The molecule has 5 heteroatoms. The van der Waals surface area contributed by atoms with E-state index < -0.39 is 5.91 Å². The third-order valence-corrected chi connectivity index (χ3v) is 4.61. The quantitative estimate of drug-likeness (QED) is 0.617. The number of fused-ring (bicyclic) bond motifs is 1. The van der Waals surface area contributed by atoms with Crippen molar-refractivity contribution in [1.82, 2.24) is 15.0 Å². The molecule has 4 rings (SSSR count). The van der Waals surface area contributed by atoms with Crippen molar-refractivity contribution in [1.29, 1.82) is 0 Å². The molecule has 128 valence electrons. The monoisotopic (exact) mass is 342 g/mol. The second kappa shape index (κ2) is 6.11. The molecule has 0 atom stereocenters. The molecule has 1 heterocycles. The van der Waals surface area contributed by atoms with Crippen molar-refractivity contribution in [2.24, 2.45) is 12.8 Å². The van der Waals surface area contributed by atoms with Crippen LogP contribution < -0.4 is 5.73 Å². The summed E-state index contributed by atoms with van der Waals surface area (Å²) in [6.45, 7) is 2.09. The van der Waals surface area contributed by atoms with E-state index in [1.54, 1.807) is 11.7 Å². The highest BCUT2D eigenvalue weighted by Crippen LogP contribution is 2.31. The summed E-state index contributed by atoms with van der Waals surface area (Å²) in [5, 5.41) is 8.14. The maximum absolute atomic E-state index is 11.9. The van der Waals surface area contributed by atoms with E-state index in [1.807, 2.05) is 30.3 Å². The van der Waals surface area contributed by atoms with Gasteiger partial charge in [-0.1, -0.05) is 53.7 Å². The lowest BCUT2D eigenvalue weighted by atomic mass is 9.94. The first kappa shape index (κ1) is 16.0. The number of nitrogens with zero attached hydrogens (tertiary/aromatic N) is 3. The van der Waals surface area contributed by atoms with Crippen molar-refractivity contribution in [3.05, 3.63) is 71.8 Å². The van der Waals surface area contributed by atoms with Crippen molar-refractivity contribution in [3.63, 3.8) is 0 Å². The van der Waals surface area contributed by atoms with Crippen LogP contribution in [0.1, 0.15) is 15.9 Å². The maximum atomic E-state index is 11.9. The van der Waals surface area contributed by atoms with E-state index in [0.29, 0.717) is 16.6 Å². The van der Waals surface area contributed by atoms with Crippen LogP contribution in [-0.4, -0.2) is 20.9 Å². The molecular formula is C21H18N4O. The van der Waals surface area contributed by atoms with Gasteiger partial charge in [-0.25, -0.2) is 4.68 Å². The summed E-state index contributed by atoms with van der Waals surface area (Å²) in [5.74, 6) is -0.486. The largest absolute Gasteiger partial charge is 0.366 e. The predicted octanol–water partition coefficient (Wildman–Crippen LogP) is 3.71. The molecule has 0 saturated carbocycles. The van der Waals surface area contributed by atoms with E-state index in [-0.39, 0.29) is 0 Å². The molecule has 1 amide bonds. The van der Waals surface area contributed by atoms with Gasteiger partial charge in [0.25, 0.3) is 5.91 Å². The zero-order valence-electron chi connectivity index (χ0n) is 14.6. The molecule has 0 spiro atoms. The van der Waals surface area contributed by atoms with Crippen LogP contribution in [0, 0.1) is 6.92 Å². The van der Waals surface area contributed by atoms with Crippen molar-refractivity contribution in [3.8, 4) is 22.3 Å². The fraction of sp³-hybridized carbons (Fsp3) is 0.0952. The van der Waals surface area contributed by atoms with Crippen LogP contribution in [0.15, 0.2) is 60.7 Å². The number of rotatable bonds is 3. The molecule has 0 aliphatic carbocycles. The number of carbonyl (C=O) groups excluding carboxylic acids is 1. The fourth-order valence-corrected chi connectivity index (χ4v) is 3.33. The third kappa shape index (κ3) is 2.63. The summed E-state index contributed by atoms with van der Waals surface area (Å²) in [7, 11) is 1.75. The van der Waals surface area contributed by atoms with Gasteiger partial charge >= 0.3 is 0 Å². The van der Waals surface area contributed by atoms with Gasteiger partial charge in [-0.3, -0.25) is 4.79 Å². The Labute approximate surface area is 151 Å². The van der Waals surface area contributed by atoms with Crippen LogP contribution in [0.3, 0.4) is 0 Å². The summed E-state index contributed by atoms with van der Waals surface area (Å²) in [5.41, 5.74) is 12.7. The Hall–Kier alpha value is -3.47. The molecule has 0 radical (unpaired) electrons. The number of hydrogen-bond donors (Lipinski definition) is 1. The van der Waals surface area contributed by atoms with Crippen molar-refractivity contribution < 1.29 is 4.79 Å². The Bertz CT molecular complexity index is 1130. The average Bonchev–Trinajstić information content (AvgIpc) is 3.02. The van der Waals surface area contributed by atoms with Gasteiger partial charge < -0.3 is 5.73 Å². The molecule has 1 aromatic heterocycles. The minimum atomic E-state index is -0.486. The predicted molar refractivity (Wildman–Crippen MR) is 103 cm³/mol. The normalized spacial score (nSPS) is 11.0. The number of aryl methyl sites for hydroxylation is 2. The highest BCUT2D eigenvalue weighted by Gasteiger charge is 2.15. The molecule has 0 saturated heterocycles. The zero-order valence-corrected chi connectivity index (χ0v) is 14.6. The van der Waals surface area contributed by atoms with E-state index in [4.69, 9.17) is 5.73 Å². The highest BCUT2D eigenvalue weighted by atomic mass is 16.1. The lowest BCUT2D eigenvalue weighted by Crippen LogP contribution is -2.13. The van der Waals surface area contributed by atoms with E-state index >= 15 is 0 Å². The number of hydrogen-bond acceptors (Lipinski definition) is 3. The Morgan fingerprint density at radius 3 is 2.42 bits per heavy atom. The molecule has 2 N–H and O–H groups in total. The van der Waals surface area contributed by atoms with Crippen LogP contribution in [-0.2, 0) is 7.05 Å². The summed E-state index contributed by atoms with van der Waals surface area (Å²) >= 11 is 0. The second-order valence-corrected chi connectivity index (χ2v) is 6.36. The molecule has 0 fully saturated rings. The Kier molecular flexibility index (Phi) is 3.77. The molecule has 26 heavy (non-hydrogen) atoms.